The first-order valence-electron chi connectivity index (χ1n) is 9.19. The molecule has 0 radical (unpaired) electrons. The SMILES string of the molecule is CCNC(=NCCCCn1cnnc1)NC1CCC(CC)CC1. The first-order chi connectivity index (χ1) is 11.3. The minimum absolute atomic E-state index is 0.590. The zero-order chi connectivity index (χ0) is 16.3. The number of nitrogens with zero attached hydrogens (tertiary/aromatic N) is 4. The highest BCUT2D eigenvalue weighted by atomic mass is 15.2. The van der Waals surface area contributed by atoms with Gasteiger partial charge in [0.25, 0.3) is 0 Å². The van der Waals surface area contributed by atoms with Crippen LogP contribution in [0.25, 0.3) is 0 Å². The second kappa shape index (κ2) is 10.2. The van der Waals surface area contributed by atoms with E-state index in [0.717, 1.165) is 44.4 Å². The Morgan fingerprint density at radius 2 is 1.87 bits per heavy atom. The van der Waals surface area contributed by atoms with Gasteiger partial charge in [-0.25, -0.2) is 0 Å². The van der Waals surface area contributed by atoms with Crippen molar-refractivity contribution in [2.24, 2.45) is 10.9 Å². The molecule has 6 heteroatoms. The van der Waals surface area contributed by atoms with Crippen molar-refractivity contribution < 1.29 is 0 Å². The number of hydrogen-bond donors (Lipinski definition) is 2. The van der Waals surface area contributed by atoms with Gasteiger partial charge >= 0.3 is 0 Å². The number of aromatic nitrogens is 3. The molecule has 23 heavy (non-hydrogen) atoms. The molecule has 0 amide bonds. The average molecular weight is 320 g/mol. The highest BCUT2D eigenvalue weighted by molar-refractivity contribution is 5.80. The summed E-state index contributed by atoms with van der Waals surface area (Å²) in [5, 5.41) is 14.6. The molecule has 2 N–H and O–H groups in total. The fraction of sp³-hybridized carbons (Fsp3) is 0.824. The van der Waals surface area contributed by atoms with Crippen molar-refractivity contribution in [3.05, 3.63) is 12.7 Å². The number of hydrogen-bond acceptors (Lipinski definition) is 3. The molecule has 0 aromatic carbocycles. The molecule has 1 aromatic heterocycles. The van der Waals surface area contributed by atoms with Crippen molar-refractivity contribution in [1.82, 2.24) is 25.4 Å². The maximum atomic E-state index is 4.72. The Bertz CT molecular complexity index is 434. The predicted molar refractivity (Wildman–Crippen MR) is 94.4 cm³/mol. The fourth-order valence-electron chi connectivity index (χ4n) is 3.16. The van der Waals surface area contributed by atoms with Crippen molar-refractivity contribution in [2.45, 2.75) is 71.4 Å². The van der Waals surface area contributed by atoms with Gasteiger partial charge in [0.15, 0.2) is 5.96 Å². The Labute approximate surface area is 140 Å². The van der Waals surface area contributed by atoms with E-state index in [0.29, 0.717) is 6.04 Å². The summed E-state index contributed by atoms with van der Waals surface area (Å²) < 4.78 is 2.01. The van der Waals surface area contributed by atoms with Crippen molar-refractivity contribution in [3.8, 4) is 0 Å². The van der Waals surface area contributed by atoms with Crippen LogP contribution in [0.2, 0.25) is 0 Å². The molecule has 0 bridgehead atoms. The molecule has 6 nitrogen and oxygen atoms in total. The number of aliphatic imine (C=N–C) groups is 1. The third-order valence-electron chi connectivity index (χ3n) is 4.67. The van der Waals surface area contributed by atoms with Crippen molar-refractivity contribution >= 4 is 5.96 Å². The Kier molecular flexibility index (Phi) is 7.90. The smallest absolute Gasteiger partial charge is 0.191 e. The van der Waals surface area contributed by atoms with Gasteiger partial charge in [-0.15, -0.1) is 10.2 Å². The standard InChI is InChI=1S/C17H32N6/c1-3-15-7-9-16(10-8-15)22-17(18-4-2)19-11-5-6-12-23-13-20-21-14-23/h13-16H,3-12H2,1-2H3,(H2,18,19,22). The van der Waals surface area contributed by atoms with Crippen LogP contribution in [0.4, 0.5) is 0 Å². The second-order valence-electron chi connectivity index (χ2n) is 6.44. The predicted octanol–water partition coefficient (Wildman–Crippen LogP) is 2.58. The quantitative estimate of drug-likeness (QED) is 0.439. The summed E-state index contributed by atoms with van der Waals surface area (Å²) >= 11 is 0. The lowest BCUT2D eigenvalue weighted by Gasteiger charge is -2.29. The van der Waals surface area contributed by atoms with Crippen LogP contribution in [0.1, 0.15) is 58.8 Å². The lowest BCUT2D eigenvalue weighted by Crippen LogP contribution is -2.44. The van der Waals surface area contributed by atoms with Gasteiger partial charge in [-0.2, -0.15) is 0 Å². The summed E-state index contributed by atoms with van der Waals surface area (Å²) in [6, 6.07) is 0.590. The molecule has 1 heterocycles. The van der Waals surface area contributed by atoms with E-state index in [-0.39, 0.29) is 0 Å². The molecule has 0 spiro atoms. The average Bonchev–Trinajstić information content (AvgIpc) is 3.09. The largest absolute Gasteiger partial charge is 0.357 e. The lowest BCUT2D eigenvalue weighted by atomic mass is 9.84. The number of rotatable bonds is 8. The van der Waals surface area contributed by atoms with Crippen molar-refractivity contribution in [3.63, 3.8) is 0 Å². The molecule has 1 aromatic rings. The van der Waals surface area contributed by atoms with Crippen LogP contribution in [0, 0.1) is 5.92 Å². The van der Waals surface area contributed by atoms with Gasteiger partial charge in [0.1, 0.15) is 12.7 Å². The maximum absolute atomic E-state index is 4.72. The number of guanidine groups is 1. The Balaban J connectivity index is 1.67. The van der Waals surface area contributed by atoms with E-state index in [1.807, 2.05) is 4.57 Å². The zero-order valence-corrected chi connectivity index (χ0v) is 14.7. The zero-order valence-electron chi connectivity index (χ0n) is 14.7. The van der Waals surface area contributed by atoms with Crippen LogP contribution in [0.3, 0.4) is 0 Å². The Morgan fingerprint density at radius 3 is 2.52 bits per heavy atom. The molecule has 1 aliphatic carbocycles. The van der Waals surface area contributed by atoms with Crippen LogP contribution < -0.4 is 10.6 Å². The van der Waals surface area contributed by atoms with Crippen LogP contribution >= 0.6 is 0 Å². The van der Waals surface area contributed by atoms with E-state index >= 15 is 0 Å². The monoisotopic (exact) mass is 320 g/mol. The Hall–Kier alpha value is -1.59. The maximum Gasteiger partial charge on any atom is 0.191 e. The van der Waals surface area contributed by atoms with Crippen LogP contribution in [-0.4, -0.2) is 39.9 Å². The van der Waals surface area contributed by atoms with Crippen LogP contribution in [0.15, 0.2) is 17.6 Å². The molecule has 2 rings (SSSR count). The van der Waals surface area contributed by atoms with Crippen LogP contribution in [0.5, 0.6) is 0 Å². The molecular formula is C17H32N6. The van der Waals surface area contributed by atoms with E-state index in [4.69, 9.17) is 4.99 Å². The molecule has 130 valence electrons. The van der Waals surface area contributed by atoms with E-state index in [1.165, 1.54) is 32.1 Å². The minimum atomic E-state index is 0.590. The summed E-state index contributed by atoms with van der Waals surface area (Å²) in [5.41, 5.74) is 0. The van der Waals surface area contributed by atoms with Gasteiger partial charge in [0, 0.05) is 25.7 Å². The van der Waals surface area contributed by atoms with Crippen molar-refractivity contribution in [1.29, 1.82) is 0 Å². The minimum Gasteiger partial charge on any atom is -0.357 e. The van der Waals surface area contributed by atoms with Gasteiger partial charge in [-0.1, -0.05) is 13.3 Å². The second-order valence-corrected chi connectivity index (χ2v) is 6.44. The molecule has 0 saturated heterocycles. The molecule has 1 aliphatic rings. The molecule has 0 unspecified atom stereocenters. The van der Waals surface area contributed by atoms with E-state index in [1.54, 1.807) is 12.7 Å². The third kappa shape index (κ3) is 6.59. The van der Waals surface area contributed by atoms with Gasteiger partial charge in [0.2, 0.25) is 0 Å². The molecule has 0 aliphatic heterocycles. The molecule has 1 fully saturated rings. The normalized spacial score (nSPS) is 22.1. The Morgan fingerprint density at radius 1 is 1.13 bits per heavy atom. The summed E-state index contributed by atoms with van der Waals surface area (Å²) in [6.07, 6.45) is 12.3. The number of nitrogens with one attached hydrogen (secondary N) is 2. The van der Waals surface area contributed by atoms with Crippen LogP contribution in [-0.2, 0) is 6.54 Å². The summed E-state index contributed by atoms with van der Waals surface area (Å²) in [7, 11) is 0. The van der Waals surface area contributed by atoms with Crippen molar-refractivity contribution in [2.75, 3.05) is 13.1 Å². The van der Waals surface area contributed by atoms with Gasteiger partial charge in [-0.05, 0) is 51.4 Å². The van der Waals surface area contributed by atoms with E-state index < -0.39 is 0 Å². The fourth-order valence-corrected chi connectivity index (χ4v) is 3.16. The molecule has 0 atom stereocenters. The van der Waals surface area contributed by atoms with Gasteiger partial charge in [-0.3, -0.25) is 4.99 Å². The summed E-state index contributed by atoms with van der Waals surface area (Å²) in [4.78, 5) is 4.72. The van der Waals surface area contributed by atoms with Gasteiger partial charge in [0.05, 0.1) is 0 Å². The lowest BCUT2D eigenvalue weighted by molar-refractivity contribution is 0.304. The first-order valence-corrected chi connectivity index (χ1v) is 9.19. The molecular weight excluding hydrogens is 288 g/mol. The van der Waals surface area contributed by atoms with Gasteiger partial charge < -0.3 is 15.2 Å². The first kappa shape index (κ1) is 17.8. The number of aryl methyl sites for hydroxylation is 1. The molecule has 1 saturated carbocycles. The summed E-state index contributed by atoms with van der Waals surface area (Å²) in [6.45, 7) is 7.17. The number of unbranched alkanes of at least 4 members (excludes halogenated alkanes) is 1. The topological polar surface area (TPSA) is 67.1 Å². The van der Waals surface area contributed by atoms with E-state index in [2.05, 4.69) is 34.7 Å². The van der Waals surface area contributed by atoms with E-state index in [9.17, 15) is 0 Å². The highest BCUT2D eigenvalue weighted by Crippen LogP contribution is 2.26. The summed E-state index contributed by atoms with van der Waals surface area (Å²) in [5.74, 6) is 1.92. The third-order valence-corrected chi connectivity index (χ3v) is 4.67. The highest BCUT2D eigenvalue weighted by Gasteiger charge is 2.20.